The molecule has 4 saturated carbocycles. The molecule has 0 atom stereocenters. The number of hydrogen-bond acceptors (Lipinski definition) is 3. The van der Waals surface area contributed by atoms with Gasteiger partial charge < -0.3 is 5.32 Å². The van der Waals surface area contributed by atoms with E-state index in [2.05, 4.69) is 5.32 Å². The first-order valence-corrected chi connectivity index (χ1v) is 8.67. The Morgan fingerprint density at radius 1 is 1.00 bits per heavy atom. The number of nitrogens with zero attached hydrogens (tertiary/aromatic N) is 1. The summed E-state index contributed by atoms with van der Waals surface area (Å²) in [5.74, 6) is 2.14. The number of likely N-dealkylation sites (tertiary alicyclic amines) is 1. The maximum absolute atomic E-state index is 12.3. The lowest BCUT2D eigenvalue weighted by molar-refractivity contribution is -0.138. The summed E-state index contributed by atoms with van der Waals surface area (Å²) in [6, 6.07) is 0. The molecule has 0 radical (unpaired) electrons. The Morgan fingerprint density at radius 3 is 2.00 bits per heavy atom. The average molecular weight is 304 g/mol. The summed E-state index contributed by atoms with van der Waals surface area (Å²) in [6.07, 6.45) is 8.30. The van der Waals surface area contributed by atoms with Crippen molar-refractivity contribution in [1.29, 1.82) is 0 Å². The normalized spacial score (nSPS) is 39.6. The number of hydrogen-bond donors (Lipinski definition) is 1. The summed E-state index contributed by atoms with van der Waals surface area (Å²) in [6.45, 7) is 0.246. The molecule has 0 aromatic carbocycles. The van der Waals surface area contributed by atoms with Crippen molar-refractivity contribution in [2.75, 3.05) is 6.54 Å². The van der Waals surface area contributed by atoms with Gasteiger partial charge in [0, 0.05) is 31.3 Å². The van der Waals surface area contributed by atoms with Crippen LogP contribution in [0.3, 0.4) is 0 Å². The third-order valence-electron chi connectivity index (χ3n) is 6.16. The van der Waals surface area contributed by atoms with Gasteiger partial charge in [-0.15, -0.1) is 0 Å². The van der Waals surface area contributed by atoms with Crippen LogP contribution >= 0.6 is 0 Å². The highest BCUT2D eigenvalue weighted by Gasteiger charge is 2.51. The van der Waals surface area contributed by atoms with Crippen molar-refractivity contribution >= 4 is 17.7 Å². The summed E-state index contributed by atoms with van der Waals surface area (Å²) < 4.78 is 0. The van der Waals surface area contributed by atoms with Crippen LogP contribution in [0.1, 0.15) is 57.8 Å². The molecule has 120 valence electrons. The lowest BCUT2D eigenvalue weighted by atomic mass is 9.53. The molecule has 1 saturated heterocycles. The molecule has 5 heteroatoms. The summed E-state index contributed by atoms with van der Waals surface area (Å²) in [7, 11) is 0. The van der Waals surface area contributed by atoms with E-state index in [1.807, 2.05) is 0 Å². The zero-order chi connectivity index (χ0) is 15.3. The fraction of sp³-hybridized carbons (Fsp3) is 0.824. The fourth-order valence-electron chi connectivity index (χ4n) is 5.71. The average Bonchev–Trinajstić information content (AvgIpc) is 2.73. The second kappa shape index (κ2) is 5.07. The van der Waals surface area contributed by atoms with Gasteiger partial charge in [-0.1, -0.05) is 0 Å². The van der Waals surface area contributed by atoms with Crippen molar-refractivity contribution < 1.29 is 14.4 Å². The molecule has 5 fully saturated rings. The quantitative estimate of drug-likeness (QED) is 0.802. The van der Waals surface area contributed by atoms with Gasteiger partial charge in [-0.25, -0.2) is 0 Å². The molecule has 22 heavy (non-hydrogen) atoms. The van der Waals surface area contributed by atoms with Gasteiger partial charge in [0.05, 0.1) is 0 Å². The van der Waals surface area contributed by atoms with E-state index in [9.17, 15) is 14.4 Å². The molecular formula is C17H24N2O3. The molecule has 1 aliphatic heterocycles. The molecule has 1 heterocycles. The van der Waals surface area contributed by atoms with Crippen molar-refractivity contribution in [3.8, 4) is 0 Å². The Hall–Kier alpha value is -1.39. The number of carbonyl (C=O) groups is 3. The van der Waals surface area contributed by atoms with Gasteiger partial charge in [-0.2, -0.15) is 0 Å². The van der Waals surface area contributed by atoms with Crippen molar-refractivity contribution in [3.05, 3.63) is 0 Å². The number of carbonyl (C=O) groups excluding carboxylic acids is 3. The van der Waals surface area contributed by atoms with Crippen LogP contribution in [0.15, 0.2) is 0 Å². The van der Waals surface area contributed by atoms with E-state index in [0.717, 1.165) is 37.0 Å². The molecule has 0 unspecified atom stereocenters. The van der Waals surface area contributed by atoms with Crippen LogP contribution in [0.5, 0.6) is 0 Å². The predicted octanol–water partition coefficient (Wildman–Crippen LogP) is 1.61. The molecule has 0 spiro atoms. The number of rotatable bonds is 4. The first kappa shape index (κ1) is 14.2. The molecule has 5 rings (SSSR count). The van der Waals surface area contributed by atoms with E-state index in [0.29, 0.717) is 12.8 Å². The molecule has 0 aromatic heterocycles. The van der Waals surface area contributed by atoms with E-state index in [1.54, 1.807) is 0 Å². The van der Waals surface area contributed by atoms with E-state index in [4.69, 9.17) is 0 Å². The highest BCUT2D eigenvalue weighted by Crippen LogP contribution is 2.55. The molecule has 3 amide bonds. The van der Waals surface area contributed by atoms with Crippen molar-refractivity contribution in [1.82, 2.24) is 10.2 Å². The van der Waals surface area contributed by atoms with E-state index in [1.165, 1.54) is 24.2 Å². The molecular weight excluding hydrogens is 280 g/mol. The van der Waals surface area contributed by atoms with Gasteiger partial charge in [0.15, 0.2) is 0 Å². The van der Waals surface area contributed by atoms with Crippen LogP contribution in [-0.2, 0) is 14.4 Å². The molecule has 5 nitrogen and oxygen atoms in total. The zero-order valence-electron chi connectivity index (χ0n) is 13.0. The van der Waals surface area contributed by atoms with Crippen LogP contribution in [0.25, 0.3) is 0 Å². The van der Waals surface area contributed by atoms with Gasteiger partial charge in [0.2, 0.25) is 17.7 Å². The Labute approximate surface area is 130 Å². The topological polar surface area (TPSA) is 66.5 Å². The van der Waals surface area contributed by atoms with Crippen LogP contribution in [-0.4, -0.2) is 34.7 Å². The first-order chi connectivity index (χ1) is 10.5. The Morgan fingerprint density at radius 2 is 1.50 bits per heavy atom. The summed E-state index contributed by atoms with van der Waals surface area (Å²) in [5.41, 5.74) is 0.0187. The largest absolute Gasteiger partial charge is 0.351 e. The van der Waals surface area contributed by atoms with Crippen molar-refractivity contribution in [3.63, 3.8) is 0 Å². The highest BCUT2D eigenvalue weighted by molar-refractivity contribution is 6.02. The molecule has 5 aliphatic rings. The third kappa shape index (κ3) is 2.44. The van der Waals surface area contributed by atoms with Gasteiger partial charge in [-0.3, -0.25) is 19.3 Å². The molecule has 4 bridgehead atoms. The minimum atomic E-state index is -0.132. The maximum atomic E-state index is 12.3. The Kier molecular flexibility index (Phi) is 3.27. The van der Waals surface area contributed by atoms with Gasteiger partial charge in [0.25, 0.3) is 0 Å². The second-order valence-corrected chi connectivity index (χ2v) is 7.94. The third-order valence-corrected chi connectivity index (χ3v) is 6.16. The van der Waals surface area contributed by atoms with Crippen LogP contribution < -0.4 is 5.32 Å². The minimum Gasteiger partial charge on any atom is -0.351 e. The lowest BCUT2D eigenvalue weighted by Gasteiger charge is -2.56. The Balaban J connectivity index is 1.34. The molecule has 4 aliphatic carbocycles. The number of imide groups is 1. The Bertz CT molecular complexity index is 477. The first-order valence-electron chi connectivity index (χ1n) is 8.67. The SMILES string of the molecule is O=C(CCN1C(=O)CCC1=O)NC12CC3CC(CC(C3)C1)C2. The smallest absolute Gasteiger partial charge is 0.229 e. The number of amides is 3. The summed E-state index contributed by atoms with van der Waals surface area (Å²) >= 11 is 0. The predicted molar refractivity (Wildman–Crippen MR) is 79.6 cm³/mol. The molecule has 1 N–H and O–H groups in total. The fourth-order valence-corrected chi connectivity index (χ4v) is 5.71. The standard InChI is InChI=1S/C17H24N2O3/c20-14(3-4-19-15(21)1-2-16(19)22)18-17-8-11-5-12(9-17)7-13(6-11)10-17/h11-13H,1-10H2,(H,18,20). The summed E-state index contributed by atoms with van der Waals surface area (Å²) in [5, 5.41) is 3.29. The van der Waals surface area contributed by atoms with Crippen molar-refractivity contribution in [2.24, 2.45) is 17.8 Å². The molecule has 0 aromatic rings. The highest BCUT2D eigenvalue weighted by atomic mass is 16.2. The second-order valence-electron chi connectivity index (χ2n) is 7.94. The van der Waals surface area contributed by atoms with E-state index in [-0.39, 0.29) is 36.2 Å². The monoisotopic (exact) mass is 304 g/mol. The summed E-state index contributed by atoms with van der Waals surface area (Å²) in [4.78, 5) is 36.7. The van der Waals surface area contributed by atoms with Gasteiger partial charge in [-0.05, 0) is 56.3 Å². The van der Waals surface area contributed by atoms with Gasteiger partial charge >= 0.3 is 0 Å². The van der Waals surface area contributed by atoms with Crippen LogP contribution in [0.2, 0.25) is 0 Å². The minimum absolute atomic E-state index is 0.00875. The lowest BCUT2D eigenvalue weighted by Crippen LogP contribution is -2.60. The van der Waals surface area contributed by atoms with E-state index < -0.39 is 0 Å². The number of nitrogens with one attached hydrogen (secondary N) is 1. The zero-order valence-corrected chi connectivity index (χ0v) is 13.0. The van der Waals surface area contributed by atoms with Crippen LogP contribution in [0, 0.1) is 17.8 Å². The van der Waals surface area contributed by atoms with Crippen molar-refractivity contribution in [2.45, 2.75) is 63.3 Å². The maximum Gasteiger partial charge on any atom is 0.229 e. The van der Waals surface area contributed by atoms with Crippen LogP contribution in [0.4, 0.5) is 0 Å². The van der Waals surface area contributed by atoms with E-state index >= 15 is 0 Å². The van der Waals surface area contributed by atoms with Gasteiger partial charge in [0.1, 0.15) is 0 Å².